The van der Waals surface area contributed by atoms with Crippen LogP contribution in [0.1, 0.15) is 56.0 Å². The van der Waals surface area contributed by atoms with Crippen molar-refractivity contribution < 1.29 is 14.0 Å². The smallest absolute Gasteiger partial charge is 0.253 e. The first-order valence-electron chi connectivity index (χ1n) is 10.0. The number of halogens is 1. The van der Waals surface area contributed by atoms with Gasteiger partial charge in [-0.1, -0.05) is 0 Å². The second-order valence-corrected chi connectivity index (χ2v) is 7.83. The number of rotatable bonds is 4. The molecule has 3 heterocycles. The predicted octanol–water partition coefficient (Wildman–Crippen LogP) is 2.46. The number of benzene rings is 1. The monoisotopic (exact) mass is 422 g/mol. The summed E-state index contributed by atoms with van der Waals surface area (Å²) in [5.41, 5.74) is 8.32. The third-order valence-corrected chi connectivity index (χ3v) is 5.53. The summed E-state index contributed by atoms with van der Waals surface area (Å²) in [6, 6.07) is 6.17. The molecule has 8 nitrogen and oxygen atoms in total. The number of aryl methyl sites for hydroxylation is 3. The molecule has 9 heteroatoms. The number of nitrogens with two attached hydrogens (primary N) is 1. The standard InChI is InChI=1S/C22H23FN6O2/c1-12-8-13(2)29(27-12)19-9-15(4-5-18(19)23)22(31)28-7-6-16(11-28)21-25-10-17(20(24)30)14(3)26-21/h4-5,8-10,16H,6-7,11H2,1-3H3,(H2,24,30). The van der Waals surface area contributed by atoms with Gasteiger partial charge in [0.2, 0.25) is 0 Å². The van der Waals surface area contributed by atoms with E-state index in [9.17, 15) is 14.0 Å². The molecule has 1 aliphatic heterocycles. The van der Waals surface area contributed by atoms with Gasteiger partial charge in [0.05, 0.1) is 17.0 Å². The van der Waals surface area contributed by atoms with E-state index in [1.54, 1.807) is 11.8 Å². The number of amides is 2. The first-order valence-corrected chi connectivity index (χ1v) is 10.0. The van der Waals surface area contributed by atoms with Crippen molar-refractivity contribution in [1.29, 1.82) is 0 Å². The first-order chi connectivity index (χ1) is 14.7. The summed E-state index contributed by atoms with van der Waals surface area (Å²) in [5.74, 6) is -0.654. The van der Waals surface area contributed by atoms with Crippen molar-refractivity contribution in [3.63, 3.8) is 0 Å². The van der Waals surface area contributed by atoms with Crippen molar-refractivity contribution in [2.75, 3.05) is 13.1 Å². The van der Waals surface area contributed by atoms with Gasteiger partial charge in [0, 0.05) is 36.5 Å². The molecule has 1 aromatic carbocycles. The molecule has 0 spiro atoms. The molecule has 0 saturated carbocycles. The van der Waals surface area contributed by atoms with Crippen LogP contribution in [-0.2, 0) is 0 Å². The summed E-state index contributed by atoms with van der Waals surface area (Å²) < 4.78 is 16.0. The van der Waals surface area contributed by atoms with Crippen LogP contribution in [0.5, 0.6) is 0 Å². The molecule has 1 saturated heterocycles. The van der Waals surface area contributed by atoms with E-state index in [4.69, 9.17) is 5.73 Å². The van der Waals surface area contributed by atoms with Gasteiger partial charge in [-0.25, -0.2) is 19.0 Å². The Balaban J connectivity index is 1.55. The zero-order chi connectivity index (χ0) is 22.3. The number of primary amides is 1. The molecule has 31 heavy (non-hydrogen) atoms. The highest BCUT2D eigenvalue weighted by Gasteiger charge is 2.30. The molecule has 1 atom stereocenters. The lowest BCUT2D eigenvalue weighted by Gasteiger charge is -2.17. The topological polar surface area (TPSA) is 107 Å². The number of likely N-dealkylation sites (tertiary alicyclic amines) is 1. The zero-order valence-corrected chi connectivity index (χ0v) is 17.6. The highest BCUT2D eigenvalue weighted by Crippen LogP contribution is 2.27. The van der Waals surface area contributed by atoms with Crippen LogP contribution in [-0.4, -0.2) is 49.6 Å². The predicted molar refractivity (Wildman–Crippen MR) is 112 cm³/mol. The van der Waals surface area contributed by atoms with E-state index in [-0.39, 0.29) is 23.1 Å². The normalized spacial score (nSPS) is 16.0. The van der Waals surface area contributed by atoms with Crippen molar-refractivity contribution in [2.45, 2.75) is 33.1 Å². The molecule has 0 bridgehead atoms. The van der Waals surface area contributed by atoms with Gasteiger partial charge >= 0.3 is 0 Å². The molecule has 1 aliphatic rings. The summed E-state index contributed by atoms with van der Waals surface area (Å²) in [7, 11) is 0. The van der Waals surface area contributed by atoms with Crippen molar-refractivity contribution in [1.82, 2.24) is 24.6 Å². The summed E-state index contributed by atoms with van der Waals surface area (Å²) in [4.78, 5) is 34.9. The maximum absolute atomic E-state index is 14.5. The van der Waals surface area contributed by atoms with Crippen LogP contribution in [0.2, 0.25) is 0 Å². The van der Waals surface area contributed by atoms with Crippen LogP contribution in [0.4, 0.5) is 4.39 Å². The van der Waals surface area contributed by atoms with Crippen LogP contribution in [0.25, 0.3) is 5.69 Å². The van der Waals surface area contributed by atoms with Crippen molar-refractivity contribution in [3.05, 3.63) is 70.3 Å². The van der Waals surface area contributed by atoms with Gasteiger partial charge in [0.25, 0.3) is 11.8 Å². The number of carbonyl (C=O) groups excluding carboxylic acids is 2. The Kier molecular flexibility index (Phi) is 5.26. The lowest BCUT2D eigenvalue weighted by molar-refractivity contribution is 0.0790. The van der Waals surface area contributed by atoms with Crippen LogP contribution in [0.3, 0.4) is 0 Å². The Morgan fingerprint density at radius 2 is 1.97 bits per heavy atom. The third kappa shape index (κ3) is 3.90. The van der Waals surface area contributed by atoms with Crippen LogP contribution in [0, 0.1) is 26.6 Å². The fraction of sp³-hybridized carbons (Fsp3) is 0.318. The van der Waals surface area contributed by atoms with Crippen molar-refractivity contribution in [2.24, 2.45) is 5.73 Å². The van der Waals surface area contributed by atoms with Gasteiger partial charge in [-0.2, -0.15) is 5.10 Å². The minimum Gasteiger partial charge on any atom is -0.365 e. The highest BCUT2D eigenvalue weighted by atomic mass is 19.1. The molecule has 3 aromatic rings. The third-order valence-electron chi connectivity index (χ3n) is 5.53. The molecular formula is C22H23FN6O2. The minimum absolute atomic E-state index is 0.0412. The summed E-state index contributed by atoms with van der Waals surface area (Å²) in [6.45, 7) is 6.37. The van der Waals surface area contributed by atoms with E-state index in [0.717, 1.165) is 11.4 Å². The van der Waals surface area contributed by atoms with Crippen LogP contribution in [0.15, 0.2) is 30.5 Å². The van der Waals surface area contributed by atoms with Gasteiger partial charge < -0.3 is 10.6 Å². The van der Waals surface area contributed by atoms with E-state index in [2.05, 4.69) is 15.1 Å². The molecule has 0 radical (unpaired) electrons. The van der Waals surface area contributed by atoms with Crippen LogP contribution < -0.4 is 5.73 Å². The molecule has 160 valence electrons. The maximum atomic E-state index is 14.5. The number of nitrogens with zero attached hydrogens (tertiary/aromatic N) is 5. The number of hydrogen-bond donors (Lipinski definition) is 1. The van der Waals surface area contributed by atoms with E-state index >= 15 is 0 Å². The largest absolute Gasteiger partial charge is 0.365 e. The average molecular weight is 422 g/mol. The first kappa shape index (κ1) is 20.6. The maximum Gasteiger partial charge on any atom is 0.253 e. The van der Waals surface area contributed by atoms with Gasteiger partial charge in [-0.15, -0.1) is 0 Å². The molecule has 0 aliphatic carbocycles. The molecule has 2 aromatic heterocycles. The average Bonchev–Trinajstić information content (AvgIpc) is 3.34. The number of hydrogen-bond acceptors (Lipinski definition) is 5. The zero-order valence-electron chi connectivity index (χ0n) is 17.6. The minimum atomic E-state index is -0.568. The fourth-order valence-electron chi connectivity index (χ4n) is 3.94. The molecule has 2 N–H and O–H groups in total. The Hall–Kier alpha value is -3.62. The Morgan fingerprint density at radius 1 is 1.19 bits per heavy atom. The van der Waals surface area contributed by atoms with E-state index in [0.29, 0.717) is 36.6 Å². The quantitative estimate of drug-likeness (QED) is 0.695. The Labute approximate surface area is 178 Å². The van der Waals surface area contributed by atoms with Gasteiger partial charge in [-0.05, 0) is 51.5 Å². The van der Waals surface area contributed by atoms with E-state index < -0.39 is 11.7 Å². The summed E-state index contributed by atoms with van der Waals surface area (Å²) >= 11 is 0. The SMILES string of the molecule is Cc1cc(C)n(-c2cc(C(=O)N3CCC(c4ncc(C(N)=O)c(C)n4)C3)ccc2F)n1. The molecule has 1 fully saturated rings. The van der Waals surface area contributed by atoms with Crippen molar-refractivity contribution in [3.8, 4) is 5.69 Å². The number of aromatic nitrogens is 4. The fourth-order valence-corrected chi connectivity index (χ4v) is 3.94. The molecule has 4 rings (SSSR count). The van der Waals surface area contributed by atoms with E-state index in [1.807, 2.05) is 19.9 Å². The molecule has 2 amide bonds. The number of carbonyl (C=O) groups is 2. The summed E-state index contributed by atoms with van der Waals surface area (Å²) in [6.07, 6.45) is 2.14. The van der Waals surface area contributed by atoms with Crippen LogP contribution >= 0.6 is 0 Å². The summed E-state index contributed by atoms with van der Waals surface area (Å²) in [5, 5.41) is 4.32. The lowest BCUT2D eigenvalue weighted by Crippen LogP contribution is -2.29. The second kappa shape index (κ2) is 7.90. The highest BCUT2D eigenvalue weighted by molar-refractivity contribution is 5.95. The Morgan fingerprint density at radius 3 is 2.61 bits per heavy atom. The van der Waals surface area contributed by atoms with Gasteiger partial charge in [0.1, 0.15) is 17.3 Å². The van der Waals surface area contributed by atoms with Gasteiger partial charge in [0.15, 0.2) is 0 Å². The van der Waals surface area contributed by atoms with E-state index in [1.165, 1.54) is 29.1 Å². The lowest BCUT2D eigenvalue weighted by atomic mass is 10.1. The second-order valence-electron chi connectivity index (χ2n) is 7.83. The molecular weight excluding hydrogens is 399 g/mol. The van der Waals surface area contributed by atoms with Crippen molar-refractivity contribution >= 4 is 11.8 Å². The Bertz CT molecular complexity index is 1190. The van der Waals surface area contributed by atoms with Gasteiger partial charge in [-0.3, -0.25) is 9.59 Å². The molecule has 1 unspecified atom stereocenters.